The third-order valence-electron chi connectivity index (χ3n) is 2.54. The van der Waals surface area contributed by atoms with Crippen LogP contribution >= 0.6 is 15.9 Å². The Morgan fingerprint density at radius 2 is 2.11 bits per heavy atom. The molecule has 0 aliphatic carbocycles. The standard InChI is InChI=1S/C13H15BrN2O2/c1-16-8-11(7-15-16)9-18-12-4-3-10(6-14)5-13(12)17-2/h3-5,7-8H,6,9H2,1-2H3. The number of hydrogen-bond acceptors (Lipinski definition) is 3. The Morgan fingerprint density at radius 1 is 1.28 bits per heavy atom. The Hall–Kier alpha value is -1.49. The van der Waals surface area contributed by atoms with Gasteiger partial charge in [-0.05, 0) is 17.7 Å². The van der Waals surface area contributed by atoms with E-state index in [1.165, 1.54) is 0 Å². The minimum absolute atomic E-state index is 0.484. The minimum Gasteiger partial charge on any atom is -0.493 e. The lowest BCUT2D eigenvalue weighted by atomic mass is 10.2. The van der Waals surface area contributed by atoms with Gasteiger partial charge in [-0.1, -0.05) is 22.0 Å². The molecule has 0 aliphatic heterocycles. The van der Waals surface area contributed by atoms with Gasteiger partial charge < -0.3 is 9.47 Å². The topological polar surface area (TPSA) is 36.3 Å². The molecule has 2 aromatic rings. The van der Waals surface area contributed by atoms with E-state index >= 15 is 0 Å². The molecule has 0 spiro atoms. The predicted molar refractivity (Wildman–Crippen MR) is 73.2 cm³/mol. The first kappa shape index (κ1) is 13.0. The second kappa shape index (κ2) is 5.91. The lowest BCUT2D eigenvalue weighted by molar-refractivity contribution is 0.284. The molecule has 0 unspecified atom stereocenters. The zero-order valence-corrected chi connectivity index (χ0v) is 12.0. The van der Waals surface area contributed by atoms with Crippen LogP contribution in [0.3, 0.4) is 0 Å². The lowest BCUT2D eigenvalue weighted by Gasteiger charge is -2.10. The van der Waals surface area contributed by atoms with Crippen LogP contribution in [0, 0.1) is 0 Å². The van der Waals surface area contributed by atoms with Crippen molar-refractivity contribution < 1.29 is 9.47 Å². The van der Waals surface area contributed by atoms with Crippen LogP contribution in [0.2, 0.25) is 0 Å². The van der Waals surface area contributed by atoms with Crippen LogP contribution < -0.4 is 9.47 Å². The monoisotopic (exact) mass is 310 g/mol. The van der Waals surface area contributed by atoms with Crippen molar-refractivity contribution in [2.45, 2.75) is 11.9 Å². The lowest BCUT2D eigenvalue weighted by Crippen LogP contribution is -1.97. The van der Waals surface area contributed by atoms with E-state index in [0.29, 0.717) is 6.61 Å². The van der Waals surface area contributed by atoms with Crippen molar-refractivity contribution in [2.24, 2.45) is 7.05 Å². The molecule has 0 atom stereocenters. The van der Waals surface area contributed by atoms with Gasteiger partial charge in [0.2, 0.25) is 0 Å². The van der Waals surface area contributed by atoms with Crippen LogP contribution in [0.1, 0.15) is 11.1 Å². The summed E-state index contributed by atoms with van der Waals surface area (Å²) in [4.78, 5) is 0. The maximum atomic E-state index is 5.73. The molecule has 0 saturated carbocycles. The summed E-state index contributed by atoms with van der Waals surface area (Å²) in [5.74, 6) is 1.49. The van der Waals surface area contributed by atoms with Crippen LogP contribution in [0.25, 0.3) is 0 Å². The van der Waals surface area contributed by atoms with Crippen LogP contribution in [0.5, 0.6) is 11.5 Å². The molecule has 0 aliphatic rings. The molecule has 0 fully saturated rings. The summed E-state index contributed by atoms with van der Waals surface area (Å²) in [5, 5.41) is 4.90. The van der Waals surface area contributed by atoms with Crippen molar-refractivity contribution in [3.05, 3.63) is 41.7 Å². The van der Waals surface area contributed by atoms with Gasteiger partial charge in [0.15, 0.2) is 11.5 Å². The minimum atomic E-state index is 0.484. The molecule has 0 radical (unpaired) electrons. The van der Waals surface area contributed by atoms with Crippen LogP contribution in [-0.2, 0) is 19.0 Å². The highest BCUT2D eigenvalue weighted by atomic mass is 79.9. The molecular weight excluding hydrogens is 296 g/mol. The third-order valence-corrected chi connectivity index (χ3v) is 3.18. The molecule has 0 N–H and O–H groups in total. The second-order valence-electron chi connectivity index (χ2n) is 3.93. The van der Waals surface area contributed by atoms with Crippen molar-refractivity contribution in [1.82, 2.24) is 9.78 Å². The summed E-state index contributed by atoms with van der Waals surface area (Å²) in [7, 11) is 3.53. The average Bonchev–Trinajstić information content (AvgIpc) is 2.82. The SMILES string of the molecule is COc1cc(CBr)ccc1OCc1cnn(C)c1. The first-order valence-electron chi connectivity index (χ1n) is 5.56. The number of benzene rings is 1. The van der Waals surface area contributed by atoms with Crippen molar-refractivity contribution in [3.8, 4) is 11.5 Å². The molecule has 4 nitrogen and oxygen atoms in total. The molecule has 2 rings (SSSR count). The number of ether oxygens (including phenoxy) is 2. The highest BCUT2D eigenvalue weighted by Gasteiger charge is 2.06. The number of aromatic nitrogens is 2. The van der Waals surface area contributed by atoms with Crippen molar-refractivity contribution >= 4 is 15.9 Å². The van der Waals surface area contributed by atoms with Gasteiger partial charge in [0.25, 0.3) is 0 Å². The van der Waals surface area contributed by atoms with Gasteiger partial charge in [0.1, 0.15) is 6.61 Å². The summed E-state index contributed by atoms with van der Waals surface area (Å²) in [5.41, 5.74) is 2.18. The molecule has 5 heteroatoms. The Balaban J connectivity index is 2.08. The van der Waals surface area contributed by atoms with Gasteiger partial charge in [0, 0.05) is 24.1 Å². The Bertz CT molecular complexity index is 525. The zero-order chi connectivity index (χ0) is 13.0. The van der Waals surface area contributed by atoms with E-state index in [4.69, 9.17) is 9.47 Å². The number of halogens is 1. The first-order chi connectivity index (χ1) is 8.72. The Kier molecular flexibility index (Phi) is 4.25. The number of alkyl halides is 1. The number of methoxy groups -OCH3 is 1. The fourth-order valence-electron chi connectivity index (χ4n) is 1.62. The van der Waals surface area contributed by atoms with Crippen molar-refractivity contribution in [1.29, 1.82) is 0 Å². The zero-order valence-electron chi connectivity index (χ0n) is 10.4. The fourth-order valence-corrected chi connectivity index (χ4v) is 1.97. The summed E-state index contributed by atoms with van der Waals surface area (Å²) in [6.07, 6.45) is 3.72. The Morgan fingerprint density at radius 3 is 2.72 bits per heavy atom. The van der Waals surface area contributed by atoms with E-state index < -0.39 is 0 Å². The normalized spacial score (nSPS) is 10.4. The fraction of sp³-hybridized carbons (Fsp3) is 0.308. The van der Waals surface area contributed by atoms with Gasteiger partial charge in [-0.15, -0.1) is 0 Å². The van der Waals surface area contributed by atoms with Crippen molar-refractivity contribution in [2.75, 3.05) is 7.11 Å². The van der Waals surface area contributed by atoms with E-state index in [1.54, 1.807) is 18.0 Å². The van der Waals surface area contributed by atoms with Gasteiger partial charge in [-0.3, -0.25) is 4.68 Å². The van der Waals surface area contributed by atoms with Crippen LogP contribution in [-0.4, -0.2) is 16.9 Å². The smallest absolute Gasteiger partial charge is 0.161 e. The van der Waals surface area contributed by atoms with Gasteiger partial charge >= 0.3 is 0 Å². The second-order valence-corrected chi connectivity index (χ2v) is 4.49. The summed E-state index contributed by atoms with van der Waals surface area (Å²) >= 11 is 3.42. The molecule has 96 valence electrons. The molecule has 1 aromatic heterocycles. The van der Waals surface area contributed by atoms with Crippen LogP contribution in [0.4, 0.5) is 0 Å². The van der Waals surface area contributed by atoms with Gasteiger partial charge in [-0.25, -0.2) is 0 Å². The first-order valence-corrected chi connectivity index (χ1v) is 6.68. The van der Waals surface area contributed by atoms with E-state index in [0.717, 1.165) is 28.0 Å². The van der Waals surface area contributed by atoms with E-state index in [2.05, 4.69) is 21.0 Å². The molecule has 0 amide bonds. The average molecular weight is 311 g/mol. The summed E-state index contributed by atoms with van der Waals surface area (Å²) < 4.78 is 12.8. The quantitative estimate of drug-likeness (QED) is 0.797. The Labute approximate surface area is 115 Å². The number of nitrogens with zero attached hydrogens (tertiary/aromatic N) is 2. The van der Waals surface area contributed by atoms with E-state index in [-0.39, 0.29) is 0 Å². The molecule has 18 heavy (non-hydrogen) atoms. The molecule has 0 saturated heterocycles. The number of rotatable bonds is 5. The molecule has 1 heterocycles. The third kappa shape index (κ3) is 3.04. The number of hydrogen-bond donors (Lipinski definition) is 0. The van der Waals surface area contributed by atoms with E-state index in [1.807, 2.05) is 31.4 Å². The molecule has 1 aromatic carbocycles. The summed E-state index contributed by atoms with van der Waals surface area (Å²) in [6.45, 7) is 0.484. The highest BCUT2D eigenvalue weighted by Crippen LogP contribution is 2.29. The van der Waals surface area contributed by atoms with Gasteiger partial charge in [0.05, 0.1) is 13.3 Å². The molecule has 0 bridgehead atoms. The van der Waals surface area contributed by atoms with Gasteiger partial charge in [-0.2, -0.15) is 5.10 Å². The largest absolute Gasteiger partial charge is 0.493 e. The van der Waals surface area contributed by atoms with E-state index in [9.17, 15) is 0 Å². The predicted octanol–water partition coefficient (Wildman–Crippen LogP) is 2.90. The maximum absolute atomic E-state index is 5.73. The summed E-state index contributed by atoms with van der Waals surface area (Å²) in [6, 6.07) is 5.90. The highest BCUT2D eigenvalue weighted by molar-refractivity contribution is 9.08. The molecular formula is C13H15BrN2O2. The van der Waals surface area contributed by atoms with Crippen molar-refractivity contribution in [3.63, 3.8) is 0 Å². The van der Waals surface area contributed by atoms with Crippen LogP contribution in [0.15, 0.2) is 30.6 Å². The maximum Gasteiger partial charge on any atom is 0.161 e. The number of aryl methyl sites for hydroxylation is 1.